The monoisotopic (exact) mass is 446 g/mol. The molecule has 0 aliphatic carbocycles. The minimum absolute atomic E-state index is 0.181. The highest BCUT2D eigenvalue weighted by Crippen LogP contribution is 2.29. The van der Waals surface area contributed by atoms with Gasteiger partial charge in [0.1, 0.15) is 24.8 Å². The van der Waals surface area contributed by atoms with Crippen molar-refractivity contribution in [3.63, 3.8) is 0 Å². The summed E-state index contributed by atoms with van der Waals surface area (Å²) in [6.07, 6.45) is 3.97. The fraction of sp³-hybridized carbons (Fsp3) is 0.333. The van der Waals surface area contributed by atoms with Crippen molar-refractivity contribution in [3.05, 3.63) is 57.3 Å². The summed E-state index contributed by atoms with van der Waals surface area (Å²) in [6.45, 7) is 5.16. The molecule has 2 aromatic carbocycles. The smallest absolute Gasteiger partial charge is 0.294 e. The number of hydrogen-bond acceptors (Lipinski definition) is 5. The summed E-state index contributed by atoms with van der Waals surface area (Å²) in [4.78, 5) is 22.6. The summed E-state index contributed by atoms with van der Waals surface area (Å²) in [5.41, 5.74) is 3.22. The molecule has 3 heterocycles. The quantitative estimate of drug-likeness (QED) is 0.351. The number of benzene rings is 2. The van der Waals surface area contributed by atoms with Crippen LogP contribution in [-0.2, 0) is 6.54 Å². The third-order valence-corrected chi connectivity index (χ3v) is 6.33. The molecule has 0 bridgehead atoms. The number of aromatic nitrogens is 2. The van der Waals surface area contributed by atoms with Gasteiger partial charge in [0.15, 0.2) is 0 Å². The Morgan fingerprint density at radius 3 is 2.81 bits per heavy atom. The van der Waals surface area contributed by atoms with Gasteiger partial charge in [0, 0.05) is 30.6 Å². The summed E-state index contributed by atoms with van der Waals surface area (Å²) < 4.78 is 5.67. The number of hydrogen-bond donors (Lipinski definition) is 2. The third-order valence-electron chi connectivity index (χ3n) is 6.02. The van der Waals surface area contributed by atoms with Gasteiger partial charge in [0.2, 0.25) is 5.58 Å². The van der Waals surface area contributed by atoms with Crippen molar-refractivity contribution in [2.75, 3.05) is 26.2 Å². The van der Waals surface area contributed by atoms with Crippen LogP contribution in [0.3, 0.4) is 0 Å². The lowest BCUT2D eigenvalue weighted by Gasteiger charge is -2.26. The average molecular weight is 447 g/mol. The first-order valence-electron chi connectivity index (χ1n) is 11.0. The van der Waals surface area contributed by atoms with Crippen LogP contribution in [0.5, 0.6) is 0 Å². The van der Waals surface area contributed by atoms with Gasteiger partial charge >= 0.3 is 0 Å². The molecule has 2 N–H and O–H groups in total. The highest BCUT2D eigenvalue weighted by atomic mass is 35.5. The predicted molar refractivity (Wildman–Crippen MR) is 130 cm³/mol. The summed E-state index contributed by atoms with van der Waals surface area (Å²) in [6, 6.07) is 11.1. The Bertz CT molecular complexity index is 1330. The van der Waals surface area contributed by atoms with E-state index >= 15 is 0 Å². The van der Waals surface area contributed by atoms with E-state index < -0.39 is 0 Å². The van der Waals surface area contributed by atoms with Crippen LogP contribution in [-0.4, -0.2) is 48.9 Å². The third kappa shape index (κ3) is 4.33. The van der Waals surface area contributed by atoms with Crippen LogP contribution in [0.15, 0.2) is 45.6 Å². The molecule has 8 heteroatoms. The Labute approximate surface area is 192 Å². The molecule has 4 aromatic rings. The molecule has 0 atom stereocenters. The number of halogens is 1. The normalized spacial score (nSPS) is 15.0. The molecule has 162 valence electrons. The van der Waals surface area contributed by atoms with Crippen molar-refractivity contribution < 1.29 is 4.42 Å². The van der Waals surface area contributed by atoms with E-state index in [1.54, 1.807) is 18.2 Å². The van der Waals surface area contributed by atoms with Gasteiger partial charge in [-0.15, -0.1) is 0 Å². The van der Waals surface area contributed by atoms with E-state index in [1.165, 1.54) is 32.4 Å². The van der Waals surface area contributed by atoms with E-state index in [0.717, 1.165) is 25.2 Å². The van der Waals surface area contributed by atoms with E-state index in [0.29, 0.717) is 38.4 Å². The second-order valence-corrected chi connectivity index (χ2v) is 8.75. The zero-order chi connectivity index (χ0) is 22.1. The minimum atomic E-state index is -0.348. The number of nitrogens with zero attached hydrogens (tertiary/aromatic N) is 2. The van der Waals surface area contributed by atoms with Crippen molar-refractivity contribution in [1.29, 1.82) is 0 Å². The number of H-pyrrole nitrogens is 1. The van der Waals surface area contributed by atoms with Gasteiger partial charge in [-0.25, -0.2) is 4.98 Å². The molecule has 2 aromatic heterocycles. The summed E-state index contributed by atoms with van der Waals surface area (Å²) >= 11 is 6.58. The van der Waals surface area contributed by atoms with E-state index in [4.69, 9.17) is 23.9 Å². The Morgan fingerprint density at radius 2 is 2.00 bits per heavy atom. The van der Waals surface area contributed by atoms with Crippen LogP contribution in [0.1, 0.15) is 24.8 Å². The van der Waals surface area contributed by atoms with Crippen LogP contribution in [0.2, 0.25) is 5.02 Å². The van der Waals surface area contributed by atoms with Crippen molar-refractivity contribution in [2.45, 2.75) is 25.8 Å². The zero-order valence-electron chi connectivity index (χ0n) is 17.8. The van der Waals surface area contributed by atoms with Crippen LogP contribution in [0.4, 0.5) is 0 Å². The molecule has 0 unspecified atom stereocenters. The van der Waals surface area contributed by atoms with Crippen molar-refractivity contribution in [1.82, 2.24) is 20.2 Å². The van der Waals surface area contributed by atoms with E-state index in [2.05, 4.69) is 20.2 Å². The molecular formula is C24H24BClN4O2. The maximum atomic E-state index is 12.6. The molecule has 0 spiro atoms. The number of furan rings is 1. The van der Waals surface area contributed by atoms with Gasteiger partial charge in [-0.1, -0.05) is 41.7 Å². The van der Waals surface area contributed by atoms with Gasteiger partial charge in [0.05, 0.1) is 5.02 Å². The van der Waals surface area contributed by atoms with Gasteiger partial charge in [-0.2, -0.15) is 0 Å². The highest BCUT2D eigenvalue weighted by Gasteiger charge is 2.16. The van der Waals surface area contributed by atoms with Gasteiger partial charge in [-0.3, -0.25) is 4.79 Å². The first-order valence-corrected chi connectivity index (χ1v) is 11.4. The first kappa shape index (κ1) is 21.3. The zero-order valence-corrected chi connectivity index (χ0v) is 18.5. The second-order valence-electron chi connectivity index (χ2n) is 8.34. The predicted octanol–water partition coefficient (Wildman–Crippen LogP) is 3.36. The summed E-state index contributed by atoms with van der Waals surface area (Å²) in [5.74, 6) is 0.405. The highest BCUT2D eigenvalue weighted by molar-refractivity contribution is 6.34. The lowest BCUT2D eigenvalue weighted by molar-refractivity contribution is 0.229. The molecule has 0 amide bonds. The molecular weight excluding hydrogens is 423 g/mol. The van der Waals surface area contributed by atoms with Crippen LogP contribution < -0.4 is 16.3 Å². The molecule has 1 saturated heterocycles. The number of fused-ring (bicyclic) bond motifs is 3. The lowest BCUT2D eigenvalue weighted by Crippen LogP contribution is -2.35. The largest absolute Gasteiger partial charge is 0.449 e. The molecule has 6 nitrogen and oxygen atoms in total. The van der Waals surface area contributed by atoms with Gasteiger partial charge in [0.25, 0.3) is 5.56 Å². The van der Waals surface area contributed by atoms with Crippen LogP contribution in [0.25, 0.3) is 33.5 Å². The maximum Gasteiger partial charge on any atom is 0.294 e. The van der Waals surface area contributed by atoms with Gasteiger partial charge < -0.3 is 19.6 Å². The molecule has 0 saturated carbocycles. The SMILES string of the molecule is [B]c1ccc2oc3c(=O)[nH]c(-c4ccc(CNCCN5CCCCC5)cc4Cl)nc3c2c1. The fourth-order valence-electron chi connectivity index (χ4n) is 4.31. The summed E-state index contributed by atoms with van der Waals surface area (Å²) in [5, 5.41) is 4.74. The molecule has 1 aliphatic heterocycles. The minimum Gasteiger partial charge on any atom is -0.449 e. The van der Waals surface area contributed by atoms with Crippen molar-refractivity contribution >= 4 is 47.0 Å². The molecule has 1 aliphatic rings. The van der Waals surface area contributed by atoms with E-state index in [9.17, 15) is 4.79 Å². The number of likely N-dealkylation sites (tertiary alicyclic amines) is 1. The number of rotatable bonds is 6. The van der Waals surface area contributed by atoms with Gasteiger partial charge in [-0.05, 0) is 49.7 Å². The standard InChI is InChI=1S/C24H24BClN4O2/c25-16-5-7-20-18(13-16)21-22(32-20)24(31)29-23(28-21)17-6-4-15(12-19(17)26)14-27-8-11-30-9-2-1-3-10-30/h4-7,12-13,27H,1-3,8-11,14H2,(H,28,29,31). The van der Waals surface area contributed by atoms with E-state index in [-0.39, 0.29) is 11.1 Å². The lowest BCUT2D eigenvalue weighted by atomic mass is 9.95. The Hall–Kier alpha value is -2.61. The summed E-state index contributed by atoms with van der Waals surface area (Å²) in [7, 11) is 5.91. The van der Waals surface area contributed by atoms with E-state index in [1.807, 2.05) is 18.2 Å². The fourth-order valence-corrected chi connectivity index (χ4v) is 4.60. The van der Waals surface area contributed by atoms with Crippen LogP contribution >= 0.6 is 11.6 Å². The number of aromatic amines is 1. The average Bonchev–Trinajstić information content (AvgIpc) is 3.16. The molecule has 5 rings (SSSR count). The van der Waals surface area contributed by atoms with Crippen LogP contribution in [0, 0.1) is 0 Å². The topological polar surface area (TPSA) is 74.2 Å². The molecule has 1 fully saturated rings. The Balaban J connectivity index is 1.35. The number of nitrogens with one attached hydrogen (secondary N) is 2. The first-order chi connectivity index (χ1) is 15.6. The maximum absolute atomic E-state index is 12.6. The molecule has 32 heavy (non-hydrogen) atoms. The number of piperidine rings is 1. The van der Waals surface area contributed by atoms with Crippen molar-refractivity contribution in [3.8, 4) is 11.4 Å². The van der Waals surface area contributed by atoms with Crippen molar-refractivity contribution in [2.24, 2.45) is 0 Å². The molecule has 2 radical (unpaired) electrons. The Kier molecular flexibility index (Phi) is 6.04. The Morgan fingerprint density at radius 1 is 1.16 bits per heavy atom. The second kappa shape index (κ2) is 9.10.